The fourth-order valence-electron chi connectivity index (χ4n) is 2.53. The largest absolute Gasteiger partial charge is 0.483 e. The Morgan fingerprint density at radius 1 is 1.12 bits per heavy atom. The predicted octanol–water partition coefficient (Wildman–Crippen LogP) is 4.08. The minimum absolute atomic E-state index is 0.101. The molecule has 0 saturated heterocycles. The first kappa shape index (κ1) is 18.5. The fraction of sp³-hybridized carbons (Fsp3) is 0.316. The van der Waals surface area contributed by atoms with Gasteiger partial charge < -0.3 is 15.2 Å². The molecule has 0 aromatic heterocycles. The Morgan fingerprint density at radius 2 is 1.79 bits per heavy atom. The van der Waals surface area contributed by atoms with E-state index in [1.54, 1.807) is 12.1 Å². The van der Waals surface area contributed by atoms with Crippen LogP contribution in [0.1, 0.15) is 30.5 Å². The second-order valence-corrected chi connectivity index (χ2v) is 6.32. The molecule has 0 aliphatic heterocycles. The average molecular weight is 392 g/mol. The number of aliphatic hydroxyl groups is 1. The summed E-state index contributed by atoms with van der Waals surface area (Å²) in [5.41, 5.74) is 3.75. The van der Waals surface area contributed by atoms with Gasteiger partial charge in [-0.1, -0.05) is 48.0 Å². The molecule has 0 fully saturated rings. The molecule has 0 aliphatic rings. The third-order valence-electron chi connectivity index (χ3n) is 3.81. The molecule has 0 unspecified atom stereocenters. The van der Waals surface area contributed by atoms with Crippen molar-refractivity contribution in [2.75, 3.05) is 11.9 Å². The first-order valence-electron chi connectivity index (χ1n) is 8.01. The number of carbonyl (C=O) groups is 1. The second-order valence-electron chi connectivity index (χ2n) is 5.41. The normalized spacial score (nSPS) is 10.5. The molecular weight excluding hydrogens is 370 g/mol. The van der Waals surface area contributed by atoms with Crippen LogP contribution >= 0.6 is 15.9 Å². The molecule has 0 atom stereocenters. The van der Waals surface area contributed by atoms with Crippen LogP contribution in [0.5, 0.6) is 5.75 Å². The van der Waals surface area contributed by atoms with Crippen LogP contribution in [0.25, 0.3) is 0 Å². The summed E-state index contributed by atoms with van der Waals surface area (Å²) in [5, 5.41) is 12.3. The van der Waals surface area contributed by atoms with Gasteiger partial charge in [0.25, 0.3) is 5.91 Å². The van der Waals surface area contributed by atoms with Crippen LogP contribution in [0.2, 0.25) is 0 Å². The minimum Gasteiger partial charge on any atom is -0.483 e. The molecule has 1 amide bonds. The number of halogens is 1. The van der Waals surface area contributed by atoms with E-state index in [0.717, 1.165) is 34.1 Å². The molecule has 128 valence electrons. The van der Waals surface area contributed by atoms with Gasteiger partial charge in [-0.05, 0) is 42.2 Å². The van der Waals surface area contributed by atoms with Gasteiger partial charge in [-0.15, -0.1) is 0 Å². The van der Waals surface area contributed by atoms with Gasteiger partial charge in [0, 0.05) is 15.7 Å². The van der Waals surface area contributed by atoms with Crippen molar-refractivity contribution in [1.29, 1.82) is 0 Å². The highest BCUT2D eigenvalue weighted by molar-refractivity contribution is 9.10. The number of para-hydroxylation sites is 1. The molecule has 2 aromatic rings. The first-order valence-corrected chi connectivity index (χ1v) is 8.81. The van der Waals surface area contributed by atoms with E-state index in [4.69, 9.17) is 4.74 Å². The highest BCUT2D eigenvalue weighted by atomic mass is 79.9. The lowest BCUT2D eigenvalue weighted by atomic mass is 10.0. The van der Waals surface area contributed by atoms with Gasteiger partial charge in [0.05, 0.1) is 6.61 Å². The minimum atomic E-state index is -0.211. The SMILES string of the molecule is CCc1cccc(CC)c1NC(=O)COc1ccc(Br)cc1CO. The summed E-state index contributed by atoms with van der Waals surface area (Å²) >= 11 is 3.35. The lowest BCUT2D eigenvalue weighted by Crippen LogP contribution is -2.22. The number of amides is 1. The zero-order chi connectivity index (χ0) is 17.5. The molecule has 0 radical (unpaired) electrons. The van der Waals surface area contributed by atoms with Crippen LogP contribution in [-0.4, -0.2) is 17.6 Å². The topological polar surface area (TPSA) is 58.6 Å². The summed E-state index contributed by atoms with van der Waals surface area (Å²) in [4.78, 5) is 12.3. The van der Waals surface area contributed by atoms with E-state index < -0.39 is 0 Å². The Morgan fingerprint density at radius 3 is 2.38 bits per heavy atom. The number of aliphatic hydroxyl groups excluding tert-OH is 1. The maximum absolute atomic E-state index is 12.3. The first-order chi connectivity index (χ1) is 11.6. The van der Waals surface area contributed by atoms with E-state index in [9.17, 15) is 9.90 Å². The number of carbonyl (C=O) groups excluding carboxylic acids is 1. The van der Waals surface area contributed by atoms with Gasteiger partial charge in [-0.25, -0.2) is 0 Å². The summed E-state index contributed by atoms with van der Waals surface area (Å²) in [5.74, 6) is 0.299. The number of anilines is 1. The molecule has 0 bridgehead atoms. The van der Waals surface area contributed by atoms with Gasteiger partial charge in [-0.2, -0.15) is 0 Å². The highest BCUT2D eigenvalue weighted by Gasteiger charge is 2.12. The Kier molecular flexibility index (Phi) is 6.82. The molecule has 0 spiro atoms. The van der Waals surface area contributed by atoms with E-state index in [1.807, 2.05) is 24.3 Å². The molecule has 0 heterocycles. The molecule has 0 saturated carbocycles. The Hall–Kier alpha value is -1.85. The molecule has 2 rings (SSSR count). The van der Waals surface area contributed by atoms with Crippen LogP contribution < -0.4 is 10.1 Å². The lowest BCUT2D eigenvalue weighted by molar-refractivity contribution is -0.118. The molecular formula is C19H22BrNO3. The molecule has 2 aromatic carbocycles. The summed E-state index contributed by atoms with van der Waals surface area (Å²) in [6.07, 6.45) is 1.71. The molecule has 4 nitrogen and oxygen atoms in total. The average Bonchev–Trinajstić information content (AvgIpc) is 2.60. The van der Waals surface area contributed by atoms with E-state index in [2.05, 4.69) is 35.1 Å². The van der Waals surface area contributed by atoms with E-state index in [0.29, 0.717) is 11.3 Å². The monoisotopic (exact) mass is 391 g/mol. The number of hydrogen-bond acceptors (Lipinski definition) is 3. The Bertz CT molecular complexity index is 694. The van der Waals surface area contributed by atoms with Gasteiger partial charge in [0.15, 0.2) is 6.61 Å². The number of hydrogen-bond donors (Lipinski definition) is 2. The second kappa shape index (κ2) is 8.85. The van der Waals surface area contributed by atoms with Gasteiger partial charge in [0.2, 0.25) is 0 Å². The lowest BCUT2D eigenvalue weighted by Gasteiger charge is -2.15. The molecule has 2 N–H and O–H groups in total. The predicted molar refractivity (Wildman–Crippen MR) is 99.4 cm³/mol. The van der Waals surface area contributed by atoms with Crippen molar-refractivity contribution >= 4 is 27.5 Å². The zero-order valence-electron chi connectivity index (χ0n) is 13.9. The summed E-state index contributed by atoms with van der Waals surface area (Å²) in [6, 6.07) is 11.4. The van der Waals surface area contributed by atoms with Crippen LogP contribution in [0.3, 0.4) is 0 Å². The summed E-state index contributed by atoms with van der Waals surface area (Å²) < 4.78 is 6.43. The van der Waals surface area contributed by atoms with Crippen molar-refractivity contribution in [2.24, 2.45) is 0 Å². The number of rotatable bonds is 7. The van der Waals surface area contributed by atoms with Gasteiger partial charge in [0.1, 0.15) is 5.75 Å². The van der Waals surface area contributed by atoms with Crippen molar-refractivity contribution < 1.29 is 14.6 Å². The van der Waals surface area contributed by atoms with Crippen LogP contribution in [0.15, 0.2) is 40.9 Å². The standard InChI is InChI=1S/C19H22BrNO3/c1-3-13-6-5-7-14(4-2)19(13)21-18(23)12-24-17-9-8-16(20)10-15(17)11-22/h5-10,22H,3-4,11-12H2,1-2H3,(H,21,23). The fourth-order valence-corrected chi connectivity index (χ4v) is 2.94. The third-order valence-corrected chi connectivity index (χ3v) is 4.31. The maximum atomic E-state index is 12.3. The van der Waals surface area contributed by atoms with Crippen LogP contribution in [0, 0.1) is 0 Å². The Labute approximate surface area is 151 Å². The number of ether oxygens (including phenoxy) is 1. The van der Waals surface area contributed by atoms with Crippen LogP contribution in [-0.2, 0) is 24.2 Å². The quantitative estimate of drug-likeness (QED) is 0.747. The summed E-state index contributed by atoms with van der Waals surface area (Å²) in [6.45, 7) is 3.89. The summed E-state index contributed by atoms with van der Waals surface area (Å²) in [7, 11) is 0. The molecule has 24 heavy (non-hydrogen) atoms. The third kappa shape index (κ3) is 4.58. The maximum Gasteiger partial charge on any atom is 0.262 e. The molecule has 5 heteroatoms. The van der Waals surface area contributed by atoms with Crippen molar-refractivity contribution in [2.45, 2.75) is 33.3 Å². The molecule has 0 aliphatic carbocycles. The number of benzene rings is 2. The van der Waals surface area contributed by atoms with Crippen molar-refractivity contribution in [3.05, 3.63) is 57.6 Å². The zero-order valence-corrected chi connectivity index (χ0v) is 15.5. The number of nitrogens with one attached hydrogen (secondary N) is 1. The number of aryl methyl sites for hydroxylation is 2. The van der Waals surface area contributed by atoms with Crippen molar-refractivity contribution in [3.63, 3.8) is 0 Å². The van der Waals surface area contributed by atoms with E-state index in [-0.39, 0.29) is 19.1 Å². The smallest absolute Gasteiger partial charge is 0.262 e. The van der Waals surface area contributed by atoms with Gasteiger partial charge >= 0.3 is 0 Å². The van der Waals surface area contributed by atoms with E-state index in [1.165, 1.54) is 0 Å². The van der Waals surface area contributed by atoms with Crippen molar-refractivity contribution in [3.8, 4) is 5.75 Å². The van der Waals surface area contributed by atoms with Gasteiger partial charge in [-0.3, -0.25) is 4.79 Å². The van der Waals surface area contributed by atoms with Crippen molar-refractivity contribution in [1.82, 2.24) is 0 Å². The highest BCUT2D eigenvalue weighted by Crippen LogP contribution is 2.24. The Balaban J connectivity index is 2.07. The van der Waals surface area contributed by atoms with Crippen LogP contribution in [0.4, 0.5) is 5.69 Å². The van der Waals surface area contributed by atoms with E-state index >= 15 is 0 Å².